The molecular formula is C12H10N2O3. The number of aliphatic hydroxyl groups excluding tert-OH is 1. The summed E-state index contributed by atoms with van der Waals surface area (Å²) in [5, 5.41) is 20.7. The van der Waals surface area contributed by atoms with Gasteiger partial charge < -0.3 is 5.11 Å². The highest BCUT2D eigenvalue weighted by molar-refractivity contribution is 5.38. The Kier molecular flexibility index (Phi) is 3.11. The van der Waals surface area contributed by atoms with Crippen LogP contribution in [0, 0.1) is 10.1 Å². The minimum atomic E-state index is -0.899. The second kappa shape index (κ2) is 4.71. The van der Waals surface area contributed by atoms with Crippen molar-refractivity contribution in [3.05, 3.63) is 70.0 Å². The molecule has 0 aliphatic carbocycles. The lowest BCUT2D eigenvalue weighted by molar-refractivity contribution is -0.385. The summed E-state index contributed by atoms with van der Waals surface area (Å²) in [6, 6.07) is 9.36. The van der Waals surface area contributed by atoms with Crippen molar-refractivity contribution < 1.29 is 10.0 Å². The topological polar surface area (TPSA) is 76.3 Å². The van der Waals surface area contributed by atoms with Crippen molar-refractivity contribution in [2.45, 2.75) is 6.10 Å². The van der Waals surface area contributed by atoms with Gasteiger partial charge in [0.05, 0.1) is 4.92 Å². The van der Waals surface area contributed by atoms with E-state index in [0.29, 0.717) is 11.1 Å². The van der Waals surface area contributed by atoms with Crippen molar-refractivity contribution in [2.75, 3.05) is 0 Å². The SMILES string of the molecule is O=[N+]([O-])c1cccc(C(O)c2cccnc2)c1. The van der Waals surface area contributed by atoms with E-state index in [1.54, 1.807) is 30.5 Å². The molecule has 2 rings (SSSR count). The first-order valence-corrected chi connectivity index (χ1v) is 5.01. The molecule has 0 aliphatic rings. The van der Waals surface area contributed by atoms with Gasteiger partial charge in [0.15, 0.2) is 0 Å². The second-order valence-electron chi connectivity index (χ2n) is 3.54. The number of pyridine rings is 1. The predicted molar refractivity (Wildman–Crippen MR) is 61.4 cm³/mol. The number of benzene rings is 1. The average molecular weight is 230 g/mol. The summed E-state index contributed by atoms with van der Waals surface area (Å²) in [6.45, 7) is 0. The number of hydrogen-bond acceptors (Lipinski definition) is 4. The van der Waals surface area contributed by atoms with E-state index < -0.39 is 11.0 Å². The molecule has 0 spiro atoms. The van der Waals surface area contributed by atoms with Crippen LogP contribution >= 0.6 is 0 Å². The second-order valence-corrected chi connectivity index (χ2v) is 3.54. The fraction of sp³-hybridized carbons (Fsp3) is 0.0833. The monoisotopic (exact) mass is 230 g/mol. The van der Waals surface area contributed by atoms with Crippen molar-refractivity contribution in [1.29, 1.82) is 0 Å². The summed E-state index contributed by atoms with van der Waals surface area (Å²) >= 11 is 0. The Hall–Kier alpha value is -2.27. The molecule has 0 saturated carbocycles. The molecule has 5 heteroatoms. The highest BCUT2D eigenvalue weighted by atomic mass is 16.6. The van der Waals surface area contributed by atoms with E-state index in [1.165, 1.54) is 18.3 Å². The Balaban J connectivity index is 2.34. The zero-order valence-corrected chi connectivity index (χ0v) is 8.85. The van der Waals surface area contributed by atoms with Gasteiger partial charge in [0.2, 0.25) is 0 Å². The van der Waals surface area contributed by atoms with E-state index in [1.807, 2.05) is 0 Å². The standard InChI is InChI=1S/C12H10N2O3/c15-12(10-4-2-6-13-8-10)9-3-1-5-11(7-9)14(16)17/h1-8,12,15H. The van der Waals surface area contributed by atoms with Crippen molar-refractivity contribution in [2.24, 2.45) is 0 Å². The molecule has 0 fully saturated rings. The van der Waals surface area contributed by atoms with E-state index >= 15 is 0 Å². The Morgan fingerprint density at radius 1 is 1.24 bits per heavy atom. The van der Waals surface area contributed by atoms with Gasteiger partial charge >= 0.3 is 0 Å². The smallest absolute Gasteiger partial charge is 0.269 e. The zero-order chi connectivity index (χ0) is 12.3. The molecule has 0 radical (unpaired) electrons. The van der Waals surface area contributed by atoms with Crippen LogP contribution in [0.1, 0.15) is 17.2 Å². The van der Waals surface area contributed by atoms with Crippen LogP contribution in [-0.2, 0) is 0 Å². The number of non-ortho nitro benzene ring substituents is 1. The molecule has 1 heterocycles. The van der Waals surface area contributed by atoms with Crippen LogP contribution in [-0.4, -0.2) is 15.0 Å². The highest BCUT2D eigenvalue weighted by Crippen LogP contribution is 2.24. The Bertz CT molecular complexity index is 528. The van der Waals surface area contributed by atoms with Crippen molar-refractivity contribution in [3.63, 3.8) is 0 Å². The number of nitro groups is 1. The van der Waals surface area contributed by atoms with Gasteiger partial charge in [0.1, 0.15) is 6.10 Å². The third-order valence-electron chi connectivity index (χ3n) is 2.40. The summed E-state index contributed by atoms with van der Waals surface area (Å²) in [4.78, 5) is 14.0. The molecule has 1 unspecified atom stereocenters. The van der Waals surface area contributed by atoms with Crippen LogP contribution in [0.3, 0.4) is 0 Å². The van der Waals surface area contributed by atoms with Crippen LogP contribution in [0.25, 0.3) is 0 Å². The largest absolute Gasteiger partial charge is 0.384 e. The van der Waals surface area contributed by atoms with Crippen LogP contribution < -0.4 is 0 Å². The molecular weight excluding hydrogens is 220 g/mol. The zero-order valence-electron chi connectivity index (χ0n) is 8.85. The lowest BCUT2D eigenvalue weighted by Crippen LogP contribution is -2.00. The van der Waals surface area contributed by atoms with E-state index in [9.17, 15) is 15.2 Å². The Morgan fingerprint density at radius 2 is 2.00 bits per heavy atom. The number of aromatic nitrogens is 1. The van der Waals surface area contributed by atoms with Crippen LogP contribution in [0.15, 0.2) is 48.8 Å². The summed E-state index contributed by atoms with van der Waals surface area (Å²) < 4.78 is 0. The maximum absolute atomic E-state index is 10.6. The van der Waals surface area contributed by atoms with Gasteiger partial charge in [0, 0.05) is 30.1 Å². The average Bonchev–Trinajstić information content (AvgIpc) is 2.39. The van der Waals surface area contributed by atoms with Gasteiger partial charge in [-0.2, -0.15) is 0 Å². The van der Waals surface area contributed by atoms with E-state index in [0.717, 1.165) is 0 Å². The minimum Gasteiger partial charge on any atom is -0.384 e. The van der Waals surface area contributed by atoms with Gasteiger partial charge in [-0.25, -0.2) is 0 Å². The third-order valence-corrected chi connectivity index (χ3v) is 2.40. The number of aliphatic hydroxyl groups is 1. The van der Waals surface area contributed by atoms with Crippen molar-refractivity contribution in [1.82, 2.24) is 4.98 Å². The first-order valence-electron chi connectivity index (χ1n) is 5.01. The summed E-state index contributed by atoms with van der Waals surface area (Å²) in [5.41, 5.74) is 1.05. The molecule has 86 valence electrons. The number of rotatable bonds is 3. The molecule has 1 N–H and O–H groups in total. The van der Waals surface area contributed by atoms with E-state index in [-0.39, 0.29) is 5.69 Å². The van der Waals surface area contributed by atoms with E-state index in [2.05, 4.69) is 4.98 Å². The molecule has 0 saturated heterocycles. The molecule has 5 nitrogen and oxygen atoms in total. The molecule has 0 bridgehead atoms. The highest BCUT2D eigenvalue weighted by Gasteiger charge is 2.13. The molecule has 1 aromatic carbocycles. The quantitative estimate of drug-likeness (QED) is 0.646. The van der Waals surface area contributed by atoms with Gasteiger partial charge in [-0.05, 0) is 11.6 Å². The van der Waals surface area contributed by atoms with Crippen LogP contribution in [0.2, 0.25) is 0 Å². The minimum absolute atomic E-state index is 0.0366. The third kappa shape index (κ3) is 2.46. The fourth-order valence-electron chi connectivity index (χ4n) is 1.54. The van der Waals surface area contributed by atoms with Crippen molar-refractivity contribution in [3.8, 4) is 0 Å². The molecule has 1 atom stereocenters. The lowest BCUT2D eigenvalue weighted by atomic mass is 10.0. The first kappa shape index (κ1) is 11.2. The van der Waals surface area contributed by atoms with E-state index in [4.69, 9.17) is 0 Å². The fourth-order valence-corrected chi connectivity index (χ4v) is 1.54. The Labute approximate surface area is 97.5 Å². The molecule has 1 aromatic heterocycles. The van der Waals surface area contributed by atoms with Gasteiger partial charge in [0.25, 0.3) is 5.69 Å². The van der Waals surface area contributed by atoms with Crippen LogP contribution in [0.4, 0.5) is 5.69 Å². The number of nitrogens with zero attached hydrogens (tertiary/aromatic N) is 2. The normalized spacial score (nSPS) is 12.1. The Morgan fingerprint density at radius 3 is 2.65 bits per heavy atom. The molecule has 2 aromatic rings. The number of nitro benzene ring substituents is 1. The molecule has 0 aliphatic heterocycles. The summed E-state index contributed by atoms with van der Waals surface area (Å²) in [5.74, 6) is 0. The predicted octanol–water partition coefficient (Wildman–Crippen LogP) is 2.07. The maximum Gasteiger partial charge on any atom is 0.269 e. The van der Waals surface area contributed by atoms with Crippen molar-refractivity contribution >= 4 is 5.69 Å². The maximum atomic E-state index is 10.6. The summed E-state index contributed by atoms with van der Waals surface area (Å²) in [7, 11) is 0. The lowest BCUT2D eigenvalue weighted by Gasteiger charge is -2.10. The molecule has 0 amide bonds. The number of hydrogen-bond donors (Lipinski definition) is 1. The van der Waals surface area contributed by atoms with Gasteiger partial charge in [-0.1, -0.05) is 18.2 Å². The van der Waals surface area contributed by atoms with Gasteiger partial charge in [-0.15, -0.1) is 0 Å². The van der Waals surface area contributed by atoms with Gasteiger partial charge in [-0.3, -0.25) is 15.1 Å². The van der Waals surface area contributed by atoms with Crippen LogP contribution in [0.5, 0.6) is 0 Å². The summed E-state index contributed by atoms with van der Waals surface area (Å²) in [6.07, 6.45) is 2.23. The molecule has 17 heavy (non-hydrogen) atoms. The first-order chi connectivity index (χ1) is 8.18.